The number of phenolic OH excluding ortho intramolecular Hbond substituents is 1. The summed E-state index contributed by atoms with van der Waals surface area (Å²) in [5, 5.41) is 21.7. The number of amides is 1. The number of benzene rings is 3. The second-order valence-electron chi connectivity index (χ2n) is 7.54. The van der Waals surface area contributed by atoms with Crippen LogP contribution in [0, 0.1) is 13.8 Å². The van der Waals surface area contributed by atoms with E-state index in [0.29, 0.717) is 11.0 Å². The number of hydrogen-bond acceptors (Lipinski definition) is 5. The zero-order chi connectivity index (χ0) is 22.7. The van der Waals surface area contributed by atoms with E-state index in [4.69, 9.17) is 0 Å². The van der Waals surface area contributed by atoms with Gasteiger partial charge in [-0.05, 0) is 68.3 Å². The van der Waals surface area contributed by atoms with Gasteiger partial charge in [-0.3, -0.25) is 9.36 Å². The van der Waals surface area contributed by atoms with E-state index in [9.17, 15) is 9.90 Å². The van der Waals surface area contributed by atoms with Gasteiger partial charge < -0.3 is 10.4 Å². The predicted molar refractivity (Wildman–Crippen MR) is 128 cm³/mol. The molecule has 4 aromatic rings. The van der Waals surface area contributed by atoms with E-state index in [-0.39, 0.29) is 11.7 Å². The molecule has 0 aliphatic carbocycles. The van der Waals surface area contributed by atoms with Gasteiger partial charge in [-0.15, -0.1) is 10.2 Å². The van der Waals surface area contributed by atoms with Crippen LogP contribution in [0.5, 0.6) is 5.75 Å². The summed E-state index contributed by atoms with van der Waals surface area (Å²) in [6, 6.07) is 22.6. The first-order valence-corrected chi connectivity index (χ1v) is 11.2. The van der Waals surface area contributed by atoms with Crippen LogP contribution in [0.4, 0.5) is 5.69 Å². The standard InChI is InChI=1S/C25H24N4O2S/c1-16-8-7-9-17(2)22(16)26-24(31)18(3)32-25-28-27-23(19-12-14-21(30)15-13-19)29(25)20-10-5-4-6-11-20/h4-15,18,30H,1-3H3,(H,26,31). The molecule has 0 aliphatic heterocycles. The molecule has 32 heavy (non-hydrogen) atoms. The molecule has 0 bridgehead atoms. The first-order chi connectivity index (χ1) is 15.4. The summed E-state index contributed by atoms with van der Waals surface area (Å²) in [5.41, 5.74) is 4.61. The summed E-state index contributed by atoms with van der Waals surface area (Å²) in [6.07, 6.45) is 0. The number of thioether (sulfide) groups is 1. The molecule has 0 spiro atoms. The van der Waals surface area contributed by atoms with Crippen LogP contribution in [0.3, 0.4) is 0 Å². The second-order valence-corrected chi connectivity index (χ2v) is 8.85. The quantitative estimate of drug-likeness (QED) is 0.391. The van der Waals surface area contributed by atoms with Crippen molar-refractivity contribution in [2.75, 3.05) is 5.32 Å². The molecule has 0 fully saturated rings. The van der Waals surface area contributed by atoms with Gasteiger partial charge in [0.05, 0.1) is 5.25 Å². The second kappa shape index (κ2) is 9.28. The van der Waals surface area contributed by atoms with Crippen molar-refractivity contribution in [2.24, 2.45) is 0 Å². The summed E-state index contributed by atoms with van der Waals surface area (Å²) in [6.45, 7) is 5.82. The van der Waals surface area contributed by atoms with E-state index in [1.54, 1.807) is 24.3 Å². The van der Waals surface area contributed by atoms with Crippen LogP contribution in [0.25, 0.3) is 17.1 Å². The highest BCUT2D eigenvalue weighted by molar-refractivity contribution is 8.00. The lowest BCUT2D eigenvalue weighted by atomic mass is 10.1. The van der Waals surface area contributed by atoms with Gasteiger partial charge in [0.1, 0.15) is 5.75 Å². The number of carbonyl (C=O) groups is 1. The van der Waals surface area contributed by atoms with Gasteiger partial charge in [-0.1, -0.05) is 48.2 Å². The molecule has 7 heteroatoms. The molecule has 3 aromatic carbocycles. The van der Waals surface area contributed by atoms with E-state index in [2.05, 4.69) is 15.5 Å². The number of aryl methyl sites for hydroxylation is 2. The van der Waals surface area contributed by atoms with Gasteiger partial charge in [0.25, 0.3) is 0 Å². The molecule has 1 unspecified atom stereocenters. The smallest absolute Gasteiger partial charge is 0.237 e. The minimum absolute atomic E-state index is 0.0961. The van der Waals surface area contributed by atoms with Crippen LogP contribution in [0.1, 0.15) is 18.1 Å². The Labute approximate surface area is 191 Å². The van der Waals surface area contributed by atoms with Gasteiger partial charge in [0, 0.05) is 16.9 Å². The molecule has 162 valence electrons. The summed E-state index contributed by atoms with van der Waals surface area (Å²) in [7, 11) is 0. The lowest BCUT2D eigenvalue weighted by Gasteiger charge is -2.16. The van der Waals surface area contributed by atoms with Crippen molar-refractivity contribution in [1.29, 1.82) is 0 Å². The zero-order valence-corrected chi connectivity index (χ0v) is 18.9. The molecule has 1 amide bonds. The van der Waals surface area contributed by atoms with E-state index in [0.717, 1.165) is 28.1 Å². The first kappa shape index (κ1) is 21.6. The van der Waals surface area contributed by atoms with Gasteiger partial charge >= 0.3 is 0 Å². The summed E-state index contributed by atoms with van der Waals surface area (Å²) in [4.78, 5) is 13.0. The number of phenols is 1. The van der Waals surface area contributed by atoms with Crippen LogP contribution < -0.4 is 5.32 Å². The van der Waals surface area contributed by atoms with Gasteiger partial charge in [-0.2, -0.15) is 0 Å². The number of aromatic nitrogens is 3. The fourth-order valence-electron chi connectivity index (χ4n) is 3.40. The molecular formula is C25H24N4O2S. The van der Waals surface area contributed by atoms with Crippen molar-refractivity contribution >= 4 is 23.4 Å². The molecule has 0 radical (unpaired) electrons. The Balaban J connectivity index is 1.65. The van der Waals surface area contributed by atoms with E-state index in [1.807, 2.05) is 73.9 Å². The van der Waals surface area contributed by atoms with Crippen LogP contribution in [0.2, 0.25) is 0 Å². The SMILES string of the molecule is Cc1cccc(C)c1NC(=O)C(C)Sc1nnc(-c2ccc(O)cc2)n1-c1ccccc1. The fraction of sp³-hybridized carbons (Fsp3) is 0.160. The third kappa shape index (κ3) is 4.53. The molecule has 0 aliphatic rings. The third-order valence-electron chi connectivity index (χ3n) is 5.15. The minimum Gasteiger partial charge on any atom is -0.508 e. The Hall–Kier alpha value is -3.58. The number of rotatable bonds is 6. The Morgan fingerprint density at radius 1 is 0.938 bits per heavy atom. The molecule has 2 N–H and O–H groups in total. The lowest BCUT2D eigenvalue weighted by Crippen LogP contribution is -2.23. The first-order valence-electron chi connectivity index (χ1n) is 10.3. The maximum Gasteiger partial charge on any atom is 0.237 e. The summed E-state index contributed by atoms with van der Waals surface area (Å²) >= 11 is 1.35. The monoisotopic (exact) mass is 444 g/mol. The highest BCUT2D eigenvalue weighted by Crippen LogP contribution is 2.31. The Bertz CT molecular complexity index is 1220. The van der Waals surface area contributed by atoms with Crippen LogP contribution in [-0.2, 0) is 4.79 Å². The summed E-state index contributed by atoms with van der Waals surface area (Å²) in [5.74, 6) is 0.730. The van der Waals surface area contributed by atoms with Crippen LogP contribution >= 0.6 is 11.8 Å². The van der Waals surface area contributed by atoms with Crippen molar-refractivity contribution in [3.63, 3.8) is 0 Å². The number of carbonyl (C=O) groups excluding carboxylic acids is 1. The minimum atomic E-state index is -0.395. The fourth-order valence-corrected chi connectivity index (χ4v) is 4.27. The largest absolute Gasteiger partial charge is 0.508 e. The van der Waals surface area contributed by atoms with E-state index in [1.165, 1.54) is 11.8 Å². The molecule has 1 atom stereocenters. The number of hydrogen-bond donors (Lipinski definition) is 2. The number of nitrogens with zero attached hydrogens (tertiary/aromatic N) is 3. The van der Waals surface area contributed by atoms with Crippen molar-refractivity contribution in [3.05, 3.63) is 83.9 Å². The highest BCUT2D eigenvalue weighted by atomic mass is 32.2. The normalized spacial score (nSPS) is 11.8. The van der Waals surface area contributed by atoms with Gasteiger partial charge in [0.2, 0.25) is 5.91 Å². The Morgan fingerprint density at radius 2 is 1.59 bits per heavy atom. The average Bonchev–Trinajstić information content (AvgIpc) is 3.20. The van der Waals surface area contributed by atoms with E-state index < -0.39 is 5.25 Å². The van der Waals surface area contributed by atoms with Crippen LogP contribution in [0.15, 0.2) is 78.0 Å². The predicted octanol–water partition coefficient (Wildman–Crippen LogP) is 5.38. The van der Waals surface area contributed by atoms with Crippen molar-refractivity contribution < 1.29 is 9.90 Å². The van der Waals surface area contributed by atoms with Crippen LogP contribution in [-0.4, -0.2) is 31.0 Å². The maximum atomic E-state index is 13.0. The highest BCUT2D eigenvalue weighted by Gasteiger charge is 2.22. The number of aromatic hydroxyl groups is 1. The molecule has 0 saturated carbocycles. The molecule has 1 heterocycles. The van der Waals surface area contributed by atoms with Crippen molar-refractivity contribution in [2.45, 2.75) is 31.2 Å². The average molecular weight is 445 g/mol. The zero-order valence-electron chi connectivity index (χ0n) is 18.1. The number of anilines is 1. The molecule has 1 aromatic heterocycles. The Kier molecular flexibility index (Phi) is 6.28. The molecule has 6 nitrogen and oxygen atoms in total. The molecule has 4 rings (SSSR count). The molecular weight excluding hydrogens is 420 g/mol. The van der Waals surface area contributed by atoms with Crippen molar-refractivity contribution in [1.82, 2.24) is 14.8 Å². The van der Waals surface area contributed by atoms with Gasteiger partial charge in [-0.25, -0.2) is 0 Å². The number of nitrogens with one attached hydrogen (secondary N) is 1. The van der Waals surface area contributed by atoms with Crippen molar-refractivity contribution in [3.8, 4) is 22.8 Å². The summed E-state index contributed by atoms with van der Waals surface area (Å²) < 4.78 is 1.93. The van der Waals surface area contributed by atoms with Gasteiger partial charge in [0.15, 0.2) is 11.0 Å². The number of para-hydroxylation sites is 2. The van der Waals surface area contributed by atoms with E-state index >= 15 is 0 Å². The third-order valence-corrected chi connectivity index (χ3v) is 6.20. The topological polar surface area (TPSA) is 80.0 Å². The lowest BCUT2D eigenvalue weighted by molar-refractivity contribution is -0.115. The Morgan fingerprint density at radius 3 is 2.25 bits per heavy atom. The maximum absolute atomic E-state index is 13.0. The molecule has 0 saturated heterocycles.